The third kappa shape index (κ3) is 4.27. The molecule has 0 spiro atoms. The van der Waals surface area contributed by atoms with Crippen LogP contribution in [0.5, 0.6) is 0 Å². The maximum atomic E-state index is 4.60. The van der Waals surface area contributed by atoms with Gasteiger partial charge in [-0.05, 0) is 25.5 Å². The molecule has 0 amide bonds. The molecule has 1 saturated heterocycles. The lowest BCUT2D eigenvalue weighted by atomic mass is 10.2. The Hall–Kier alpha value is -0.970. The second kappa shape index (κ2) is 6.98. The topological polar surface area (TPSA) is 49.8 Å². The molecule has 1 unspecified atom stereocenters. The Bertz CT molecular complexity index is 402. The normalized spacial score (nSPS) is 18.8. The number of nitrogens with zero attached hydrogens (tertiary/aromatic N) is 2. The molecule has 2 rings (SSSR count). The largest absolute Gasteiger partial charge is 0.370 e. The fourth-order valence-electron chi connectivity index (χ4n) is 2.11. The van der Waals surface area contributed by atoms with Crippen molar-refractivity contribution in [2.45, 2.75) is 44.8 Å². The molecule has 1 aliphatic rings. The van der Waals surface area contributed by atoms with E-state index >= 15 is 0 Å². The van der Waals surface area contributed by atoms with E-state index in [1.54, 1.807) is 0 Å². The van der Waals surface area contributed by atoms with Gasteiger partial charge in [0.15, 0.2) is 0 Å². The maximum absolute atomic E-state index is 4.60. The van der Waals surface area contributed by atoms with Crippen LogP contribution in [0, 0.1) is 0 Å². The lowest BCUT2D eigenvalue weighted by molar-refractivity contribution is 0.769. The van der Waals surface area contributed by atoms with Crippen LogP contribution in [0.4, 0.5) is 11.6 Å². The van der Waals surface area contributed by atoms with Gasteiger partial charge >= 0.3 is 0 Å². The average molecular weight is 280 g/mol. The standard InChI is InChI=1S/C14H24N4S/c1-4-15-12-8-13(18-14(17-12)10(2)3)16-9-11-6-5-7-19-11/h8,10-11H,4-7,9H2,1-3H3,(H2,15,16,17,18). The van der Waals surface area contributed by atoms with E-state index < -0.39 is 0 Å². The summed E-state index contributed by atoms with van der Waals surface area (Å²) < 4.78 is 0. The zero-order chi connectivity index (χ0) is 13.7. The molecule has 1 fully saturated rings. The van der Waals surface area contributed by atoms with Crippen LogP contribution < -0.4 is 10.6 Å². The molecule has 0 aromatic carbocycles. The molecular weight excluding hydrogens is 256 g/mol. The van der Waals surface area contributed by atoms with E-state index in [0.717, 1.165) is 35.8 Å². The van der Waals surface area contributed by atoms with E-state index in [9.17, 15) is 0 Å². The van der Waals surface area contributed by atoms with E-state index in [1.165, 1.54) is 18.6 Å². The summed E-state index contributed by atoms with van der Waals surface area (Å²) in [7, 11) is 0. The van der Waals surface area contributed by atoms with E-state index in [-0.39, 0.29) is 0 Å². The number of thioether (sulfide) groups is 1. The Morgan fingerprint density at radius 1 is 1.32 bits per heavy atom. The number of rotatable bonds is 6. The summed E-state index contributed by atoms with van der Waals surface area (Å²) in [5.74, 6) is 4.42. The zero-order valence-electron chi connectivity index (χ0n) is 12.1. The number of hydrogen-bond acceptors (Lipinski definition) is 5. The molecule has 4 nitrogen and oxygen atoms in total. The van der Waals surface area contributed by atoms with Crippen molar-refractivity contribution in [3.63, 3.8) is 0 Å². The molecule has 106 valence electrons. The minimum atomic E-state index is 0.347. The van der Waals surface area contributed by atoms with Gasteiger partial charge in [-0.2, -0.15) is 11.8 Å². The van der Waals surface area contributed by atoms with E-state index in [4.69, 9.17) is 0 Å². The molecular formula is C14H24N4S. The first-order valence-electron chi connectivity index (χ1n) is 7.17. The van der Waals surface area contributed by atoms with Gasteiger partial charge in [-0.3, -0.25) is 0 Å². The van der Waals surface area contributed by atoms with Gasteiger partial charge in [0.2, 0.25) is 0 Å². The molecule has 1 atom stereocenters. The summed E-state index contributed by atoms with van der Waals surface area (Å²) in [5, 5.41) is 7.48. The highest BCUT2D eigenvalue weighted by Crippen LogP contribution is 2.26. The molecule has 0 saturated carbocycles. The first kappa shape index (κ1) is 14.4. The molecule has 1 aliphatic heterocycles. The zero-order valence-corrected chi connectivity index (χ0v) is 12.9. The quantitative estimate of drug-likeness (QED) is 0.837. The van der Waals surface area contributed by atoms with Crippen molar-refractivity contribution in [1.29, 1.82) is 0 Å². The highest BCUT2D eigenvalue weighted by atomic mass is 32.2. The molecule has 1 aromatic rings. The summed E-state index contributed by atoms with van der Waals surface area (Å²) in [6, 6.07) is 2.01. The fraction of sp³-hybridized carbons (Fsp3) is 0.714. The molecule has 5 heteroatoms. The van der Waals surface area contributed by atoms with Crippen molar-refractivity contribution in [1.82, 2.24) is 9.97 Å². The summed E-state index contributed by atoms with van der Waals surface area (Å²) in [5.41, 5.74) is 0. The summed E-state index contributed by atoms with van der Waals surface area (Å²) in [6.07, 6.45) is 2.67. The Balaban J connectivity index is 2.04. The molecule has 19 heavy (non-hydrogen) atoms. The molecule has 0 bridgehead atoms. The highest BCUT2D eigenvalue weighted by molar-refractivity contribution is 8.00. The van der Waals surface area contributed by atoms with Crippen LogP contribution in [0.1, 0.15) is 45.4 Å². The van der Waals surface area contributed by atoms with Crippen LogP contribution in [0.2, 0.25) is 0 Å². The monoisotopic (exact) mass is 280 g/mol. The van der Waals surface area contributed by atoms with Gasteiger partial charge < -0.3 is 10.6 Å². The first-order chi connectivity index (χ1) is 9.19. The Labute approximate surface area is 120 Å². The van der Waals surface area contributed by atoms with Crippen LogP contribution >= 0.6 is 11.8 Å². The van der Waals surface area contributed by atoms with E-state index in [0.29, 0.717) is 5.92 Å². The molecule has 2 N–H and O–H groups in total. The maximum Gasteiger partial charge on any atom is 0.135 e. The average Bonchev–Trinajstić information content (AvgIpc) is 2.89. The second-order valence-electron chi connectivity index (χ2n) is 5.20. The lowest BCUT2D eigenvalue weighted by Gasteiger charge is -2.14. The van der Waals surface area contributed by atoms with Crippen LogP contribution in [0.25, 0.3) is 0 Å². The number of aromatic nitrogens is 2. The minimum Gasteiger partial charge on any atom is -0.370 e. The number of hydrogen-bond donors (Lipinski definition) is 2. The predicted molar refractivity (Wildman–Crippen MR) is 84.3 cm³/mol. The van der Waals surface area contributed by atoms with Crippen LogP contribution in [0.15, 0.2) is 6.07 Å². The SMILES string of the molecule is CCNc1cc(NCC2CCCS2)nc(C(C)C)n1. The van der Waals surface area contributed by atoms with Crippen molar-refractivity contribution >= 4 is 23.4 Å². The van der Waals surface area contributed by atoms with Gasteiger partial charge in [0.05, 0.1) is 0 Å². The second-order valence-corrected chi connectivity index (χ2v) is 6.61. The summed E-state index contributed by atoms with van der Waals surface area (Å²) >= 11 is 2.07. The van der Waals surface area contributed by atoms with Gasteiger partial charge in [0.1, 0.15) is 17.5 Å². The van der Waals surface area contributed by atoms with E-state index in [1.807, 2.05) is 6.07 Å². The van der Waals surface area contributed by atoms with Gasteiger partial charge in [0, 0.05) is 30.3 Å². The van der Waals surface area contributed by atoms with Crippen molar-refractivity contribution in [3.8, 4) is 0 Å². The third-order valence-corrected chi connectivity index (χ3v) is 4.55. The Kier molecular flexibility index (Phi) is 5.31. The van der Waals surface area contributed by atoms with Crippen molar-refractivity contribution in [2.75, 3.05) is 29.5 Å². The van der Waals surface area contributed by atoms with Crippen molar-refractivity contribution in [3.05, 3.63) is 11.9 Å². The molecule has 0 radical (unpaired) electrons. The van der Waals surface area contributed by atoms with Gasteiger partial charge in [-0.1, -0.05) is 13.8 Å². The fourth-order valence-corrected chi connectivity index (χ4v) is 3.31. The summed E-state index contributed by atoms with van der Waals surface area (Å²) in [4.78, 5) is 9.14. The minimum absolute atomic E-state index is 0.347. The van der Waals surface area contributed by atoms with Crippen LogP contribution in [-0.2, 0) is 0 Å². The first-order valence-corrected chi connectivity index (χ1v) is 8.22. The van der Waals surface area contributed by atoms with Crippen molar-refractivity contribution in [2.24, 2.45) is 0 Å². The van der Waals surface area contributed by atoms with E-state index in [2.05, 4.69) is 53.1 Å². The lowest BCUT2D eigenvalue weighted by Crippen LogP contribution is -2.16. The van der Waals surface area contributed by atoms with Crippen LogP contribution in [-0.4, -0.2) is 34.1 Å². The van der Waals surface area contributed by atoms with Crippen molar-refractivity contribution < 1.29 is 0 Å². The molecule has 1 aromatic heterocycles. The van der Waals surface area contributed by atoms with Gasteiger partial charge in [-0.15, -0.1) is 0 Å². The molecule has 2 heterocycles. The van der Waals surface area contributed by atoms with Crippen LogP contribution in [0.3, 0.4) is 0 Å². The smallest absolute Gasteiger partial charge is 0.135 e. The Morgan fingerprint density at radius 3 is 2.63 bits per heavy atom. The van der Waals surface area contributed by atoms with Gasteiger partial charge in [0.25, 0.3) is 0 Å². The molecule has 0 aliphatic carbocycles. The highest BCUT2D eigenvalue weighted by Gasteiger charge is 2.15. The number of anilines is 2. The van der Waals surface area contributed by atoms with Gasteiger partial charge in [-0.25, -0.2) is 9.97 Å². The third-order valence-electron chi connectivity index (χ3n) is 3.15. The summed E-state index contributed by atoms with van der Waals surface area (Å²) in [6.45, 7) is 8.22. The number of nitrogens with one attached hydrogen (secondary N) is 2. The Morgan fingerprint density at radius 2 is 2.05 bits per heavy atom. The predicted octanol–water partition coefficient (Wildman–Crippen LogP) is 3.34.